The summed E-state index contributed by atoms with van der Waals surface area (Å²) in [6.45, 7) is 6.48. The van der Waals surface area contributed by atoms with Crippen LogP contribution < -0.4 is 16.4 Å². The molecule has 7 heteroatoms. The van der Waals surface area contributed by atoms with E-state index >= 15 is 0 Å². The summed E-state index contributed by atoms with van der Waals surface area (Å²) < 4.78 is 5.09. The molecule has 2 amide bonds. The van der Waals surface area contributed by atoms with E-state index in [-0.39, 0.29) is 24.2 Å². The second kappa shape index (κ2) is 9.48. The highest BCUT2D eigenvalue weighted by molar-refractivity contribution is 5.92. The van der Waals surface area contributed by atoms with Crippen molar-refractivity contribution in [1.29, 1.82) is 0 Å². The maximum Gasteiger partial charge on any atom is 0.287 e. The first-order chi connectivity index (χ1) is 9.88. The fourth-order valence-electron chi connectivity index (χ4n) is 2.01. The molecule has 0 aliphatic heterocycles. The van der Waals surface area contributed by atoms with E-state index in [0.29, 0.717) is 31.7 Å². The summed E-state index contributed by atoms with van der Waals surface area (Å²) in [4.78, 5) is 23.6. The molecule has 0 aliphatic carbocycles. The third-order valence-corrected chi connectivity index (χ3v) is 3.28. The Kier molecular flexibility index (Phi) is 8.82. The van der Waals surface area contributed by atoms with E-state index in [4.69, 9.17) is 10.2 Å². The number of furan rings is 1. The summed E-state index contributed by atoms with van der Waals surface area (Å²) in [5, 5.41) is 5.54. The maximum absolute atomic E-state index is 11.8. The minimum absolute atomic E-state index is 0. The van der Waals surface area contributed by atoms with Crippen LogP contribution in [-0.2, 0) is 4.79 Å². The van der Waals surface area contributed by atoms with Crippen LogP contribution in [-0.4, -0.2) is 30.4 Å². The summed E-state index contributed by atoms with van der Waals surface area (Å²) in [6.07, 6.45) is 3.63. The Morgan fingerprint density at radius 2 is 1.95 bits per heavy atom. The van der Waals surface area contributed by atoms with Gasteiger partial charge in [-0.2, -0.15) is 0 Å². The molecule has 0 aromatic carbocycles. The molecule has 0 bridgehead atoms. The Balaban J connectivity index is 0.00000441. The van der Waals surface area contributed by atoms with Crippen LogP contribution in [0.1, 0.15) is 49.2 Å². The fourth-order valence-corrected chi connectivity index (χ4v) is 2.01. The number of nitrogens with one attached hydrogen (secondary N) is 2. The highest BCUT2D eigenvalue weighted by Gasteiger charge is 2.26. The first-order valence-electron chi connectivity index (χ1n) is 7.28. The van der Waals surface area contributed by atoms with Crippen LogP contribution >= 0.6 is 12.4 Å². The van der Waals surface area contributed by atoms with Crippen LogP contribution in [0.4, 0.5) is 0 Å². The average molecular weight is 332 g/mol. The predicted molar refractivity (Wildman–Crippen MR) is 88.2 cm³/mol. The van der Waals surface area contributed by atoms with Gasteiger partial charge in [0.15, 0.2) is 5.76 Å². The smallest absolute Gasteiger partial charge is 0.287 e. The third-order valence-electron chi connectivity index (χ3n) is 3.28. The number of carbonyl (C=O) groups excluding carboxylic acids is 2. The van der Waals surface area contributed by atoms with E-state index in [1.807, 2.05) is 13.8 Å². The van der Waals surface area contributed by atoms with Crippen LogP contribution in [0.5, 0.6) is 0 Å². The molecule has 0 saturated heterocycles. The third kappa shape index (κ3) is 6.07. The van der Waals surface area contributed by atoms with E-state index < -0.39 is 5.54 Å². The lowest BCUT2D eigenvalue weighted by Gasteiger charge is -2.22. The molecule has 6 nitrogen and oxygen atoms in total. The van der Waals surface area contributed by atoms with Gasteiger partial charge < -0.3 is 20.8 Å². The van der Waals surface area contributed by atoms with E-state index in [9.17, 15) is 9.59 Å². The van der Waals surface area contributed by atoms with E-state index in [0.717, 1.165) is 12.0 Å². The van der Waals surface area contributed by atoms with Gasteiger partial charge in [-0.3, -0.25) is 9.59 Å². The Labute approximate surface area is 137 Å². The van der Waals surface area contributed by atoms with Gasteiger partial charge in [0.1, 0.15) is 0 Å². The van der Waals surface area contributed by atoms with E-state index in [2.05, 4.69) is 10.6 Å². The summed E-state index contributed by atoms with van der Waals surface area (Å²) >= 11 is 0. The lowest BCUT2D eigenvalue weighted by atomic mass is 9.96. The minimum atomic E-state index is -0.830. The lowest BCUT2D eigenvalue weighted by Crippen LogP contribution is -2.51. The van der Waals surface area contributed by atoms with Crippen molar-refractivity contribution in [2.75, 3.05) is 13.1 Å². The summed E-state index contributed by atoms with van der Waals surface area (Å²) in [5.74, 6) is -0.0625. The van der Waals surface area contributed by atoms with Crippen molar-refractivity contribution in [1.82, 2.24) is 10.6 Å². The quantitative estimate of drug-likeness (QED) is 0.632. The van der Waals surface area contributed by atoms with Gasteiger partial charge in [0.05, 0.1) is 11.8 Å². The summed E-state index contributed by atoms with van der Waals surface area (Å²) in [7, 11) is 0. The molecule has 1 unspecified atom stereocenters. The van der Waals surface area contributed by atoms with Crippen molar-refractivity contribution in [3.63, 3.8) is 0 Å². The van der Waals surface area contributed by atoms with Crippen molar-refractivity contribution in [2.45, 2.75) is 45.6 Å². The van der Waals surface area contributed by atoms with Crippen LogP contribution in [0.2, 0.25) is 0 Å². The average Bonchev–Trinajstić information content (AvgIpc) is 2.84. The molecule has 1 atom stereocenters. The second-order valence-electron chi connectivity index (χ2n) is 5.47. The number of carbonyl (C=O) groups is 2. The molecule has 4 N–H and O–H groups in total. The summed E-state index contributed by atoms with van der Waals surface area (Å²) in [5.41, 5.74) is 5.90. The number of hydrogen-bond acceptors (Lipinski definition) is 4. The molecule has 1 aromatic heterocycles. The van der Waals surface area contributed by atoms with Gasteiger partial charge in [-0.1, -0.05) is 13.3 Å². The molecule has 1 heterocycles. The zero-order valence-electron chi connectivity index (χ0n) is 13.4. The predicted octanol–water partition coefficient (Wildman–Crippen LogP) is 1.76. The van der Waals surface area contributed by atoms with Crippen molar-refractivity contribution < 1.29 is 14.0 Å². The fraction of sp³-hybridized carbons (Fsp3) is 0.600. The topological polar surface area (TPSA) is 97.4 Å². The molecule has 126 valence electrons. The number of aryl methyl sites for hydroxylation is 1. The zero-order chi connectivity index (χ0) is 15.9. The Hall–Kier alpha value is -1.53. The summed E-state index contributed by atoms with van der Waals surface area (Å²) in [6, 6.07) is 1.74. The minimum Gasteiger partial charge on any atom is -0.459 e. The normalized spacial score (nSPS) is 12.9. The van der Waals surface area contributed by atoms with Crippen LogP contribution in [0, 0.1) is 6.92 Å². The van der Waals surface area contributed by atoms with Gasteiger partial charge in [-0.25, -0.2) is 0 Å². The highest BCUT2D eigenvalue weighted by Crippen LogP contribution is 2.09. The number of rotatable bonds is 8. The Bertz CT molecular complexity index is 486. The SMILES string of the molecule is CCCC(C)(N)C(=O)NCCCNC(=O)c1occc1C.Cl. The molecule has 0 aliphatic rings. The highest BCUT2D eigenvalue weighted by atomic mass is 35.5. The van der Waals surface area contributed by atoms with Gasteiger partial charge in [0, 0.05) is 18.7 Å². The lowest BCUT2D eigenvalue weighted by molar-refractivity contribution is -0.126. The molecule has 1 aromatic rings. The number of hydrogen-bond donors (Lipinski definition) is 3. The molecular formula is C15H26ClN3O3. The van der Waals surface area contributed by atoms with Crippen LogP contribution in [0.15, 0.2) is 16.7 Å². The molecule has 22 heavy (non-hydrogen) atoms. The number of nitrogens with two attached hydrogens (primary N) is 1. The molecule has 0 radical (unpaired) electrons. The Morgan fingerprint density at radius 3 is 2.50 bits per heavy atom. The largest absolute Gasteiger partial charge is 0.459 e. The van der Waals surface area contributed by atoms with Crippen molar-refractivity contribution >= 4 is 24.2 Å². The van der Waals surface area contributed by atoms with Gasteiger partial charge in [0.25, 0.3) is 5.91 Å². The number of halogens is 1. The van der Waals surface area contributed by atoms with E-state index in [1.165, 1.54) is 6.26 Å². The Morgan fingerprint density at radius 1 is 1.32 bits per heavy atom. The first-order valence-corrected chi connectivity index (χ1v) is 7.28. The van der Waals surface area contributed by atoms with E-state index in [1.54, 1.807) is 13.0 Å². The van der Waals surface area contributed by atoms with Crippen LogP contribution in [0.3, 0.4) is 0 Å². The molecular weight excluding hydrogens is 306 g/mol. The molecule has 1 rings (SSSR count). The standard InChI is InChI=1S/C15H25N3O3.ClH/c1-4-7-15(3,16)14(20)18-9-5-8-17-13(19)12-11(2)6-10-21-12;/h6,10H,4-5,7-9,16H2,1-3H3,(H,17,19)(H,18,20);1H. The first kappa shape index (κ1) is 20.5. The molecule has 0 fully saturated rings. The monoisotopic (exact) mass is 331 g/mol. The second-order valence-corrected chi connectivity index (χ2v) is 5.47. The van der Waals surface area contributed by atoms with Crippen molar-refractivity contribution in [3.8, 4) is 0 Å². The van der Waals surface area contributed by atoms with Gasteiger partial charge in [0.2, 0.25) is 5.91 Å². The van der Waals surface area contributed by atoms with Gasteiger partial charge in [-0.05, 0) is 32.8 Å². The number of amides is 2. The molecule has 0 spiro atoms. The van der Waals surface area contributed by atoms with Crippen molar-refractivity contribution in [2.24, 2.45) is 5.73 Å². The zero-order valence-corrected chi connectivity index (χ0v) is 14.2. The maximum atomic E-state index is 11.8. The van der Waals surface area contributed by atoms with Gasteiger partial charge >= 0.3 is 0 Å². The van der Waals surface area contributed by atoms with Crippen molar-refractivity contribution in [3.05, 3.63) is 23.7 Å². The molecule has 0 saturated carbocycles. The van der Waals surface area contributed by atoms with Gasteiger partial charge in [-0.15, -0.1) is 12.4 Å². The van der Waals surface area contributed by atoms with Crippen LogP contribution in [0.25, 0.3) is 0 Å².